The number of nitrogens with zero attached hydrogens (tertiary/aromatic N) is 4. The lowest BCUT2D eigenvalue weighted by Gasteiger charge is -2.34. The number of hydrogen-bond acceptors (Lipinski definition) is 5. The molecule has 0 N–H and O–H groups in total. The van der Waals surface area contributed by atoms with Gasteiger partial charge in [0.05, 0.1) is 4.88 Å². The van der Waals surface area contributed by atoms with Crippen LogP contribution in [0.15, 0.2) is 30.3 Å². The SMILES string of the molecule is Cc1nc(C)c2c(C)c(C(=O)N3CCN(Cc4ccccc4)CC3)sc2n1. The van der Waals surface area contributed by atoms with Crippen LogP contribution in [0.1, 0.15) is 32.3 Å². The van der Waals surface area contributed by atoms with Gasteiger partial charge in [-0.3, -0.25) is 9.69 Å². The molecule has 5 nitrogen and oxygen atoms in total. The Hall–Kier alpha value is -2.31. The van der Waals surface area contributed by atoms with Crippen LogP contribution in [0.3, 0.4) is 0 Å². The summed E-state index contributed by atoms with van der Waals surface area (Å²) in [6, 6.07) is 10.5. The molecule has 2 aromatic heterocycles. The Kier molecular flexibility index (Phi) is 4.93. The van der Waals surface area contributed by atoms with Gasteiger partial charge in [-0.15, -0.1) is 11.3 Å². The zero-order valence-electron chi connectivity index (χ0n) is 16.0. The van der Waals surface area contributed by atoms with Crippen molar-refractivity contribution in [2.24, 2.45) is 0 Å². The molecule has 3 aromatic rings. The molecule has 1 saturated heterocycles. The lowest BCUT2D eigenvalue weighted by Crippen LogP contribution is -2.48. The molecule has 0 aliphatic carbocycles. The van der Waals surface area contributed by atoms with Crippen LogP contribution in [-0.2, 0) is 6.54 Å². The minimum absolute atomic E-state index is 0.131. The van der Waals surface area contributed by atoms with E-state index in [1.165, 1.54) is 16.9 Å². The first-order valence-electron chi connectivity index (χ1n) is 9.33. The van der Waals surface area contributed by atoms with Crippen molar-refractivity contribution >= 4 is 27.5 Å². The van der Waals surface area contributed by atoms with E-state index in [1.807, 2.05) is 31.7 Å². The summed E-state index contributed by atoms with van der Waals surface area (Å²) in [6.45, 7) is 10.2. The summed E-state index contributed by atoms with van der Waals surface area (Å²) in [5, 5.41) is 1.04. The van der Waals surface area contributed by atoms with Gasteiger partial charge < -0.3 is 4.90 Å². The lowest BCUT2D eigenvalue weighted by atomic mass is 10.1. The first-order chi connectivity index (χ1) is 13.0. The highest BCUT2D eigenvalue weighted by Crippen LogP contribution is 2.32. The van der Waals surface area contributed by atoms with Crippen molar-refractivity contribution in [3.05, 3.63) is 57.9 Å². The number of hydrogen-bond donors (Lipinski definition) is 0. The second-order valence-electron chi connectivity index (χ2n) is 7.15. The number of aryl methyl sites for hydroxylation is 3. The standard InChI is InChI=1S/C21H24N4OS/c1-14-18-15(2)22-16(3)23-20(18)27-19(14)21(26)25-11-9-24(10-12-25)13-17-7-5-4-6-8-17/h4-8H,9-13H2,1-3H3. The number of carbonyl (C=O) groups excluding carboxylic acids is 1. The van der Waals surface area contributed by atoms with Gasteiger partial charge in [-0.2, -0.15) is 0 Å². The maximum absolute atomic E-state index is 13.1. The minimum atomic E-state index is 0.131. The Bertz CT molecular complexity index is 975. The van der Waals surface area contributed by atoms with Crippen LogP contribution in [0.4, 0.5) is 0 Å². The molecule has 27 heavy (non-hydrogen) atoms. The largest absolute Gasteiger partial charge is 0.335 e. The van der Waals surface area contributed by atoms with Crippen molar-refractivity contribution in [3.8, 4) is 0 Å². The number of rotatable bonds is 3. The second kappa shape index (κ2) is 7.37. The van der Waals surface area contributed by atoms with Gasteiger partial charge in [0.2, 0.25) is 0 Å². The molecule has 0 unspecified atom stereocenters. The molecule has 4 rings (SSSR count). The number of piperazine rings is 1. The smallest absolute Gasteiger partial charge is 0.264 e. The molecule has 1 amide bonds. The third-order valence-electron chi connectivity index (χ3n) is 5.19. The van der Waals surface area contributed by atoms with Crippen LogP contribution < -0.4 is 0 Å². The molecular weight excluding hydrogens is 356 g/mol. The van der Waals surface area contributed by atoms with Crippen LogP contribution in [0.2, 0.25) is 0 Å². The molecule has 0 radical (unpaired) electrons. The predicted molar refractivity (Wildman–Crippen MR) is 109 cm³/mol. The van der Waals surface area contributed by atoms with E-state index in [4.69, 9.17) is 0 Å². The van der Waals surface area contributed by atoms with Crippen LogP contribution in [-0.4, -0.2) is 51.9 Å². The van der Waals surface area contributed by atoms with Crippen molar-refractivity contribution in [1.29, 1.82) is 0 Å². The molecule has 140 valence electrons. The summed E-state index contributed by atoms with van der Waals surface area (Å²) in [7, 11) is 0. The Labute approximate surface area is 163 Å². The lowest BCUT2D eigenvalue weighted by molar-refractivity contribution is 0.0632. The van der Waals surface area contributed by atoms with Crippen LogP contribution in [0.5, 0.6) is 0 Å². The summed E-state index contributed by atoms with van der Waals surface area (Å²) in [6.07, 6.45) is 0. The van der Waals surface area contributed by atoms with Gasteiger partial charge >= 0.3 is 0 Å². The van der Waals surface area contributed by atoms with Crippen molar-refractivity contribution in [2.75, 3.05) is 26.2 Å². The van der Waals surface area contributed by atoms with E-state index < -0.39 is 0 Å². The maximum Gasteiger partial charge on any atom is 0.264 e. The van der Waals surface area contributed by atoms with Crippen LogP contribution >= 0.6 is 11.3 Å². The summed E-state index contributed by atoms with van der Waals surface area (Å²) in [4.78, 5) is 28.2. The van der Waals surface area contributed by atoms with E-state index in [2.05, 4.69) is 39.1 Å². The molecule has 0 spiro atoms. The highest BCUT2D eigenvalue weighted by Gasteiger charge is 2.26. The second-order valence-corrected chi connectivity index (χ2v) is 8.15. The number of amides is 1. The average molecular weight is 381 g/mol. The number of aromatic nitrogens is 2. The monoisotopic (exact) mass is 380 g/mol. The summed E-state index contributed by atoms with van der Waals surface area (Å²) < 4.78 is 0. The summed E-state index contributed by atoms with van der Waals surface area (Å²) >= 11 is 1.50. The number of thiophene rings is 1. The van der Waals surface area contributed by atoms with Gasteiger partial charge in [0, 0.05) is 43.8 Å². The van der Waals surface area contributed by atoms with E-state index in [0.717, 1.165) is 64.9 Å². The van der Waals surface area contributed by atoms with Crippen molar-refractivity contribution in [2.45, 2.75) is 27.3 Å². The Morgan fingerprint density at radius 2 is 1.74 bits per heavy atom. The normalized spacial score (nSPS) is 15.4. The predicted octanol–water partition coefficient (Wildman–Crippen LogP) is 3.57. The maximum atomic E-state index is 13.1. The highest BCUT2D eigenvalue weighted by molar-refractivity contribution is 7.20. The minimum Gasteiger partial charge on any atom is -0.335 e. The fourth-order valence-corrected chi connectivity index (χ4v) is 5.02. The van der Waals surface area contributed by atoms with E-state index in [0.29, 0.717) is 0 Å². The molecule has 0 saturated carbocycles. The van der Waals surface area contributed by atoms with E-state index in [-0.39, 0.29) is 5.91 Å². The van der Waals surface area contributed by atoms with Crippen molar-refractivity contribution in [3.63, 3.8) is 0 Å². The molecule has 1 aliphatic heterocycles. The number of benzene rings is 1. The quantitative estimate of drug-likeness (QED) is 0.697. The number of fused-ring (bicyclic) bond motifs is 1. The zero-order valence-corrected chi connectivity index (χ0v) is 16.8. The molecule has 3 heterocycles. The molecule has 6 heteroatoms. The molecular formula is C21H24N4OS. The highest BCUT2D eigenvalue weighted by atomic mass is 32.1. The van der Waals surface area contributed by atoms with Gasteiger partial charge in [-0.05, 0) is 31.9 Å². The van der Waals surface area contributed by atoms with E-state index in [9.17, 15) is 4.79 Å². The molecule has 1 aliphatic rings. The van der Waals surface area contributed by atoms with Crippen molar-refractivity contribution < 1.29 is 4.79 Å². The van der Waals surface area contributed by atoms with E-state index in [1.54, 1.807) is 0 Å². The first-order valence-corrected chi connectivity index (χ1v) is 10.1. The van der Waals surface area contributed by atoms with Crippen LogP contribution in [0.25, 0.3) is 10.2 Å². The fraction of sp³-hybridized carbons (Fsp3) is 0.381. The third-order valence-corrected chi connectivity index (χ3v) is 6.36. The van der Waals surface area contributed by atoms with Gasteiger partial charge in [-0.1, -0.05) is 30.3 Å². The third kappa shape index (κ3) is 3.59. The van der Waals surface area contributed by atoms with Crippen molar-refractivity contribution in [1.82, 2.24) is 19.8 Å². The molecule has 1 aromatic carbocycles. The first kappa shape index (κ1) is 18.1. The zero-order chi connectivity index (χ0) is 19.0. The summed E-state index contributed by atoms with van der Waals surface area (Å²) in [5.74, 6) is 0.890. The fourth-order valence-electron chi connectivity index (χ4n) is 3.77. The number of carbonyl (C=O) groups is 1. The topological polar surface area (TPSA) is 49.3 Å². The van der Waals surface area contributed by atoms with Gasteiger partial charge in [0.15, 0.2) is 0 Å². The van der Waals surface area contributed by atoms with Gasteiger partial charge in [-0.25, -0.2) is 9.97 Å². The average Bonchev–Trinajstić information content (AvgIpc) is 2.99. The molecule has 0 bridgehead atoms. The van der Waals surface area contributed by atoms with Crippen LogP contribution in [0, 0.1) is 20.8 Å². The van der Waals surface area contributed by atoms with Gasteiger partial charge in [0.1, 0.15) is 10.7 Å². The van der Waals surface area contributed by atoms with Gasteiger partial charge in [0.25, 0.3) is 5.91 Å². The Balaban J connectivity index is 1.47. The summed E-state index contributed by atoms with van der Waals surface area (Å²) in [5.41, 5.74) is 3.30. The van der Waals surface area contributed by atoms with E-state index >= 15 is 0 Å². The Morgan fingerprint density at radius 1 is 1.04 bits per heavy atom. The Morgan fingerprint density at radius 3 is 2.44 bits per heavy atom. The molecule has 0 atom stereocenters. The molecule has 1 fully saturated rings.